The van der Waals surface area contributed by atoms with Gasteiger partial charge in [-0.2, -0.15) is 0 Å². The minimum atomic E-state index is -0.0574. The SMILES string of the molecule is CCCCC1NC(c2cccc(Cl)c2)N(C)C1=O. The quantitative estimate of drug-likeness (QED) is 0.909. The highest BCUT2D eigenvalue weighted by molar-refractivity contribution is 6.30. The van der Waals surface area contributed by atoms with Crippen molar-refractivity contribution in [2.24, 2.45) is 0 Å². The van der Waals surface area contributed by atoms with E-state index < -0.39 is 0 Å². The molecule has 1 amide bonds. The van der Waals surface area contributed by atoms with E-state index in [1.807, 2.05) is 31.3 Å². The summed E-state index contributed by atoms with van der Waals surface area (Å²) >= 11 is 6.00. The maximum atomic E-state index is 12.1. The first-order valence-corrected chi connectivity index (χ1v) is 6.79. The van der Waals surface area contributed by atoms with Gasteiger partial charge in [0.25, 0.3) is 0 Å². The Balaban J connectivity index is 2.13. The summed E-state index contributed by atoms with van der Waals surface area (Å²) in [7, 11) is 1.84. The molecule has 1 aromatic carbocycles. The second kappa shape index (κ2) is 5.72. The third kappa shape index (κ3) is 2.68. The van der Waals surface area contributed by atoms with Crippen LogP contribution in [0.2, 0.25) is 5.02 Å². The van der Waals surface area contributed by atoms with Crippen LogP contribution >= 0.6 is 11.6 Å². The van der Waals surface area contributed by atoms with Gasteiger partial charge in [0.15, 0.2) is 0 Å². The molecule has 1 saturated heterocycles. The molecule has 1 N–H and O–H groups in total. The first-order valence-electron chi connectivity index (χ1n) is 6.41. The van der Waals surface area contributed by atoms with Gasteiger partial charge in [-0.1, -0.05) is 43.5 Å². The Morgan fingerprint density at radius 3 is 2.89 bits per heavy atom. The predicted molar refractivity (Wildman–Crippen MR) is 73.4 cm³/mol. The van der Waals surface area contributed by atoms with Crippen LogP contribution in [0.25, 0.3) is 0 Å². The van der Waals surface area contributed by atoms with Crippen LogP contribution in [0.3, 0.4) is 0 Å². The minimum Gasteiger partial charge on any atom is -0.325 e. The van der Waals surface area contributed by atoms with Crippen LogP contribution in [0.15, 0.2) is 24.3 Å². The fourth-order valence-electron chi connectivity index (χ4n) is 2.36. The first-order chi connectivity index (χ1) is 8.63. The third-order valence-corrected chi connectivity index (χ3v) is 3.64. The van der Waals surface area contributed by atoms with E-state index in [1.54, 1.807) is 4.90 Å². The number of likely N-dealkylation sites (N-methyl/N-ethyl adjacent to an activating group) is 1. The summed E-state index contributed by atoms with van der Waals surface area (Å²) in [5.41, 5.74) is 1.04. The molecule has 1 heterocycles. The fourth-order valence-corrected chi connectivity index (χ4v) is 2.56. The Kier molecular flexibility index (Phi) is 4.25. The monoisotopic (exact) mass is 266 g/mol. The average Bonchev–Trinajstić information content (AvgIpc) is 2.64. The number of nitrogens with one attached hydrogen (secondary N) is 1. The Bertz CT molecular complexity index is 436. The Hall–Kier alpha value is -1.06. The highest BCUT2D eigenvalue weighted by Gasteiger charge is 2.36. The number of amides is 1. The maximum Gasteiger partial charge on any atom is 0.241 e. The molecule has 0 aromatic heterocycles. The van der Waals surface area contributed by atoms with Gasteiger partial charge in [0, 0.05) is 12.1 Å². The number of hydrogen-bond acceptors (Lipinski definition) is 2. The lowest BCUT2D eigenvalue weighted by Crippen LogP contribution is -2.28. The molecule has 98 valence electrons. The number of benzene rings is 1. The second-order valence-corrected chi connectivity index (χ2v) is 5.20. The summed E-state index contributed by atoms with van der Waals surface area (Å²) in [5, 5.41) is 4.09. The summed E-state index contributed by atoms with van der Waals surface area (Å²) in [6.45, 7) is 2.14. The van der Waals surface area contributed by atoms with Crippen molar-refractivity contribution in [3.8, 4) is 0 Å². The molecule has 0 radical (unpaired) electrons. The largest absolute Gasteiger partial charge is 0.325 e. The highest BCUT2D eigenvalue weighted by atomic mass is 35.5. The molecule has 0 aliphatic carbocycles. The van der Waals surface area contributed by atoms with Crippen molar-refractivity contribution >= 4 is 17.5 Å². The van der Waals surface area contributed by atoms with Gasteiger partial charge >= 0.3 is 0 Å². The lowest BCUT2D eigenvalue weighted by atomic mass is 10.1. The van der Waals surface area contributed by atoms with Gasteiger partial charge in [-0.3, -0.25) is 10.1 Å². The van der Waals surface area contributed by atoms with Crippen molar-refractivity contribution in [3.05, 3.63) is 34.9 Å². The van der Waals surface area contributed by atoms with E-state index in [0.717, 1.165) is 24.8 Å². The molecule has 2 rings (SSSR count). The number of halogens is 1. The van der Waals surface area contributed by atoms with Crippen molar-refractivity contribution in [3.63, 3.8) is 0 Å². The lowest BCUT2D eigenvalue weighted by molar-refractivity contribution is -0.128. The van der Waals surface area contributed by atoms with Crippen molar-refractivity contribution in [1.29, 1.82) is 0 Å². The normalized spacial score (nSPS) is 23.7. The summed E-state index contributed by atoms with van der Waals surface area (Å²) < 4.78 is 0. The summed E-state index contributed by atoms with van der Waals surface area (Å²) in [6, 6.07) is 7.60. The number of hydrogen-bond donors (Lipinski definition) is 1. The molecule has 2 atom stereocenters. The molecular weight excluding hydrogens is 248 g/mol. The highest BCUT2D eigenvalue weighted by Crippen LogP contribution is 2.27. The number of carbonyl (C=O) groups excluding carboxylic acids is 1. The zero-order valence-electron chi connectivity index (χ0n) is 10.8. The van der Waals surface area contributed by atoms with Gasteiger partial charge in [0.1, 0.15) is 6.17 Å². The number of rotatable bonds is 4. The number of nitrogens with zero attached hydrogens (tertiary/aromatic N) is 1. The van der Waals surface area contributed by atoms with Crippen LogP contribution in [0.5, 0.6) is 0 Å². The average molecular weight is 267 g/mol. The van der Waals surface area contributed by atoms with E-state index in [9.17, 15) is 4.79 Å². The van der Waals surface area contributed by atoms with Crippen LogP contribution < -0.4 is 5.32 Å². The minimum absolute atomic E-state index is 0.0565. The van der Waals surface area contributed by atoms with Crippen LogP contribution in [-0.4, -0.2) is 23.9 Å². The molecule has 1 fully saturated rings. The van der Waals surface area contributed by atoms with Crippen molar-refractivity contribution < 1.29 is 4.79 Å². The zero-order chi connectivity index (χ0) is 13.1. The Morgan fingerprint density at radius 1 is 1.44 bits per heavy atom. The van der Waals surface area contributed by atoms with Crippen LogP contribution in [0.1, 0.15) is 37.9 Å². The molecule has 1 aliphatic heterocycles. The molecule has 18 heavy (non-hydrogen) atoms. The smallest absolute Gasteiger partial charge is 0.241 e. The van der Waals surface area contributed by atoms with E-state index >= 15 is 0 Å². The zero-order valence-corrected chi connectivity index (χ0v) is 11.6. The number of carbonyl (C=O) groups is 1. The molecule has 0 bridgehead atoms. The lowest BCUT2D eigenvalue weighted by Gasteiger charge is -2.19. The molecule has 3 nitrogen and oxygen atoms in total. The van der Waals surface area contributed by atoms with Gasteiger partial charge < -0.3 is 4.90 Å². The Labute approximate surface area is 113 Å². The molecule has 4 heteroatoms. The fraction of sp³-hybridized carbons (Fsp3) is 0.500. The van der Waals surface area contributed by atoms with Gasteiger partial charge in [-0.05, 0) is 24.1 Å². The molecule has 2 unspecified atom stereocenters. The van der Waals surface area contributed by atoms with Crippen LogP contribution in [0.4, 0.5) is 0 Å². The molecule has 0 saturated carbocycles. The maximum absolute atomic E-state index is 12.1. The topological polar surface area (TPSA) is 32.3 Å². The summed E-state index contributed by atoms with van der Waals surface area (Å²) in [6.07, 6.45) is 3.02. The predicted octanol–water partition coefficient (Wildman–Crippen LogP) is 2.96. The molecule has 1 aliphatic rings. The van der Waals surface area contributed by atoms with Crippen LogP contribution in [0, 0.1) is 0 Å². The number of unbranched alkanes of at least 4 members (excludes halogenated alkanes) is 1. The van der Waals surface area contributed by atoms with E-state index in [-0.39, 0.29) is 18.1 Å². The van der Waals surface area contributed by atoms with Crippen molar-refractivity contribution in [2.75, 3.05) is 7.05 Å². The standard InChI is InChI=1S/C14H19ClN2O/c1-3-4-8-12-14(18)17(2)13(16-12)10-6-5-7-11(15)9-10/h5-7,9,12-13,16H,3-4,8H2,1-2H3. The van der Waals surface area contributed by atoms with E-state index in [4.69, 9.17) is 11.6 Å². The molecule has 1 aromatic rings. The van der Waals surface area contributed by atoms with E-state index in [0.29, 0.717) is 5.02 Å². The summed E-state index contributed by atoms with van der Waals surface area (Å²) in [5.74, 6) is 0.174. The first kappa shape index (κ1) is 13.4. The second-order valence-electron chi connectivity index (χ2n) is 4.77. The van der Waals surface area contributed by atoms with Crippen molar-refractivity contribution in [1.82, 2.24) is 10.2 Å². The molecular formula is C14H19ClN2O. The van der Waals surface area contributed by atoms with Gasteiger partial charge in [-0.15, -0.1) is 0 Å². The summed E-state index contributed by atoms with van der Waals surface area (Å²) in [4.78, 5) is 13.9. The molecule has 0 spiro atoms. The Morgan fingerprint density at radius 2 is 2.22 bits per heavy atom. The van der Waals surface area contributed by atoms with E-state index in [1.165, 1.54) is 0 Å². The third-order valence-electron chi connectivity index (χ3n) is 3.40. The van der Waals surface area contributed by atoms with E-state index in [2.05, 4.69) is 12.2 Å². The van der Waals surface area contributed by atoms with Crippen molar-refractivity contribution in [2.45, 2.75) is 38.4 Å². The van der Waals surface area contributed by atoms with Gasteiger partial charge in [0.05, 0.1) is 6.04 Å². The van der Waals surface area contributed by atoms with Crippen LogP contribution in [-0.2, 0) is 4.79 Å². The van der Waals surface area contributed by atoms with Gasteiger partial charge in [-0.25, -0.2) is 0 Å². The van der Waals surface area contributed by atoms with Gasteiger partial charge in [0.2, 0.25) is 5.91 Å².